The second kappa shape index (κ2) is 7.31. The number of hydrogen-bond acceptors (Lipinski definition) is 4. The second-order valence-corrected chi connectivity index (χ2v) is 7.39. The molecule has 2 aromatic carbocycles. The Bertz CT molecular complexity index is 944. The third-order valence-corrected chi connectivity index (χ3v) is 5.77. The minimum absolute atomic E-state index is 0.0251. The maximum Gasteiger partial charge on any atom is 0.321 e. The zero-order valence-corrected chi connectivity index (χ0v) is 16.9. The normalized spacial score (nSPS) is 20.2. The van der Waals surface area contributed by atoms with E-state index in [0.717, 1.165) is 17.0 Å². The largest absolute Gasteiger partial charge is 0.497 e. The molecule has 4 rings (SSSR count). The number of amides is 3. The van der Waals surface area contributed by atoms with Crippen LogP contribution >= 0.6 is 0 Å². The minimum Gasteiger partial charge on any atom is -0.497 e. The van der Waals surface area contributed by atoms with Crippen molar-refractivity contribution in [3.63, 3.8) is 0 Å². The third-order valence-electron chi connectivity index (χ3n) is 5.77. The lowest BCUT2D eigenvalue weighted by atomic mass is 9.81. The Labute approximate surface area is 170 Å². The van der Waals surface area contributed by atoms with Crippen LogP contribution in [0.5, 0.6) is 11.5 Å². The van der Waals surface area contributed by atoms with Crippen molar-refractivity contribution in [3.8, 4) is 11.5 Å². The molecule has 29 heavy (non-hydrogen) atoms. The van der Waals surface area contributed by atoms with Crippen molar-refractivity contribution < 1.29 is 19.1 Å². The fourth-order valence-electron chi connectivity index (χ4n) is 4.24. The fraction of sp³-hybridized carbons (Fsp3) is 0.364. The SMILES string of the molecule is CCOc1ccc(NC(=O)N2CCC3(C2)C(=O)N(C)c2ccc(OC)cc23)cc1. The zero-order chi connectivity index (χ0) is 20.6. The first-order valence-corrected chi connectivity index (χ1v) is 9.74. The molecule has 1 unspecified atom stereocenters. The van der Waals surface area contributed by atoms with Crippen LogP contribution in [0.1, 0.15) is 18.9 Å². The number of likely N-dealkylation sites (N-methyl/N-ethyl adjacent to an activating group) is 1. The van der Waals surface area contributed by atoms with Gasteiger partial charge in [0.15, 0.2) is 0 Å². The van der Waals surface area contributed by atoms with E-state index in [4.69, 9.17) is 9.47 Å². The highest BCUT2D eigenvalue weighted by molar-refractivity contribution is 6.09. The molecule has 2 aromatic rings. The first-order chi connectivity index (χ1) is 14.0. The van der Waals surface area contributed by atoms with Gasteiger partial charge in [-0.3, -0.25) is 4.79 Å². The van der Waals surface area contributed by atoms with Gasteiger partial charge in [0.2, 0.25) is 5.91 Å². The highest BCUT2D eigenvalue weighted by atomic mass is 16.5. The molecule has 0 aliphatic carbocycles. The number of fused-ring (bicyclic) bond motifs is 2. The average molecular weight is 395 g/mol. The molecule has 0 radical (unpaired) electrons. The highest BCUT2D eigenvalue weighted by Crippen LogP contribution is 2.48. The molecule has 152 valence electrons. The van der Waals surface area contributed by atoms with Crippen LogP contribution in [0.2, 0.25) is 0 Å². The van der Waals surface area contributed by atoms with Crippen LogP contribution in [-0.2, 0) is 10.2 Å². The maximum absolute atomic E-state index is 13.1. The summed E-state index contributed by atoms with van der Waals surface area (Å²) in [6.45, 7) is 3.38. The molecule has 0 saturated carbocycles. The van der Waals surface area contributed by atoms with Gasteiger partial charge in [0.25, 0.3) is 0 Å². The van der Waals surface area contributed by atoms with Gasteiger partial charge >= 0.3 is 6.03 Å². The Morgan fingerprint density at radius 3 is 2.59 bits per heavy atom. The van der Waals surface area contributed by atoms with Gasteiger partial charge in [0, 0.05) is 31.5 Å². The summed E-state index contributed by atoms with van der Waals surface area (Å²) in [6, 6.07) is 12.7. The Morgan fingerprint density at radius 2 is 1.90 bits per heavy atom. The molecular weight excluding hydrogens is 370 g/mol. The number of carbonyl (C=O) groups is 2. The van der Waals surface area contributed by atoms with Crippen molar-refractivity contribution in [3.05, 3.63) is 48.0 Å². The molecule has 2 aliphatic heterocycles. The van der Waals surface area contributed by atoms with E-state index < -0.39 is 5.41 Å². The quantitative estimate of drug-likeness (QED) is 0.863. The van der Waals surface area contributed by atoms with Crippen molar-refractivity contribution in [1.29, 1.82) is 0 Å². The number of urea groups is 1. The number of hydrogen-bond donors (Lipinski definition) is 1. The van der Waals surface area contributed by atoms with Gasteiger partial charge in [0.1, 0.15) is 11.5 Å². The Hall–Kier alpha value is -3.22. The van der Waals surface area contributed by atoms with Crippen LogP contribution in [-0.4, -0.2) is 50.7 Å². The molecule has 1 fully saturated rings. The van der Waals surface area contributed by atoms with Crippen molar-refractivity contribution in [2.75, 3.05) is 44.1 Å². The van der Waals surface area contributed by atoms with Crippen molar-refractivity contribution in [1.82, 2.24) is 4.90 Å². The Morgan fingerprint density at radius 1 is 1.17 bits per heavy atom. The molecule has 1 N–H and O–H groups in total. The predicted octanol–water partition coefficient (Wildman–Crippen LogP) is 3.25. The minimum atomic E-state index is -0.714. The third kappa shape index (κ3) is 3.16. The molecule has 1 saturated heterocycles. The lowest BCUT2D eigenvalue weighted by Gasteiger charge is -2.24. The number of nitrogens with zero attached hydrogens (tertiary/aromatic N) is 2. The van der Waals surface area contributed by atoms with E-state index in [1.165, 1.54) is 0 Å². The zero-order valence-electron chi connectivity index (χ0n) is 16.9. The molecule has 7 heteroatoms. The summed E-state index contributed by atoms with van der Waals surface area (Å²) in [5.41, 5.74) is 1.79. The summed E-state index contributed by atoms with van der Waals surface area (Å²) in [5.74, 6) is 1.50. The van der Waals surface area contributed by atoms with Gasteiger partial charge < -0.3 is 24.6 Å². The van der Waals surface area contributed by atoms with Gasteiger partial charge in [0.05, 0.1) is 19.1 Å². The topological polar surface area (TPSA) is 71.1 Å². The van der Waals surface area contributed by atoms with E-state index in [1.807, 2.05) is 49.4 Å². The van der Waals surface area contributed by atoms with Gasteiger partial charge in [-0.2, -0.15) is 0 Å². The molecule has 2 aliphatic rings. The maximum atomic E-state index is 13.1. The summed E-state index contributed by atoms with van der Waals surface area (Å²) in [5, 5.41) is 2.91. The van der Waals surface area contributed by atoms with E-state index in [-0.39, 0.29) is 11.9 Å². The molecule has 3 amide bonds. The monoisotopic (exact) mass is 395 g/mol. The first-order valence-electron chi connectivity index (χ1n) is 9.74. The van der Waals surface area contributed by atoms with Crippen LogP contribution in [0.3, 0.4) is 0 Å². The van der Waals surface area contributed by atoms with Gasteiger partial charge in [-0.1, -0.05) is 0 Å². The van der Waals surface area contributed by atoms with E-state index in [2.05, 4.69) is 5.32 Å². The van der Waals surface area contributed by atoms with Gasteiger partial charge in [-0.05, 0) is 61.4 Å². The summed E-state index contributed by atoms with van der Waals surface area (Å²) in [4.78, 5) is 29.3. The first kappa shape index (κ1) is 19.1. The van der Waals surface area contributed by atoms with Gasteiger partial charge in [-0.15, -0.1) is 0 Å². The number of methoxy groups -OCH3 is 1. The molecule has 0 bridgehead atoms. The number of likely N-dealkylation sites (tertiary alicyclic amines) is 1. The standard InChI is InChI=1S/C22H25N3O4/c1-4-29-16-7-5-15(6-8-16)23-21(27)25-12-11-22(14-25)18-13-17(28-3)9-10-19(18)24(2)20(22)26/h5-10,13H,4,11-12,14H2,1-3H3,(H,23,27). The number of ether oxygens (including phenoxy) is 2. The predicted molar refractivity (Wildman–Crippen MR) is 111 cm³/mol. The summed E-state index contributed by atoms with van der Waals surface area (Å²) in [7, 11) is 3.39. The van der Waals surface area contributed by atoms with Crippen molar-refractivity contribution >= 4 is 23.3 Å². The van der Waals surface area contributed by atoms with Crippen LogP contribution in [0.15, 0.2) is 42.5 Å². The van der Waals surface area contributed by atoms with E-state index in [1.54, 1.807) is 24.0 Å². The smallest absolute Gasteiger partial charge is 0.321 e. The van der Waals surface area contributed by atoms with E-state index in [0.29, 0.717) is 37.6 Å². The molecule has 1 spiro atoms. The number of rotatable bonds is 4. The number of anilines is 2. The van der Waals surface area contributed by atoms with E-state index >= 15 is 0 Å². The molecule has 7 nitrogen and oxygen atoms in total. The Kier molecular flexibility index (Phi) is 4.82. The lowest BCUT2D eigenvalue weighted by molar-refractivity contribution is -0.122. The Balaban J connectivity index is 1.52. The molecule has 0 aromatic heterocycles. The molecule has 2 heterocycles. The van der Waals surface area contributed by atoms with Crippen LogP contribution in [0.25, 0.3) is 0 Å². The lowest BCUT2D eigenvalue weighted by Crippen LogP contribution is -2.42. The fourth-order valence-corrected chi connectivity index (χ4v) is 4.24. The van der Waals surface area contributed by atoms with Gasteiger partial charge in [-0.25, -0.2) is 4.79 Å². The highest BCUT2D eigenvalue weighted by Gasteiger charge is 2.54. The molecule has 1 atom stereocenters. The summed E-state index contributed by atoms with van der Waals surface area (Å²) in [6.07, 6.45) is 0.590. The second-order valence-electron chi connectivity index (χ2n) is 7.39. The van der Waals surface area contributed by atoms with Crippen LogP contribution < -0.4 is 19.7 Å². The number of carbonyl (C=O) groups excluding carboxylic acids is 2. The van der Waals surface area contributed by atoms with Crippen molar-refractivity contribution in [2.24, 2.45) is 0 Å². The average Bonchev–Trinajstić information content (AvgIpc) is 3.27. The number of nitrogens with one attached hydrogen (secondary N) is 1. The van der Waals surface area contributed by atoms with Crippen molar-refractivity contribution in [2.45, 2.75) is 18.8 Å². The van der Waals surface area contributed by atoms with E-state index in [9.17, 15) is 9.59 Å². The number of benzene rings is 2. The van der Waals surface area contributed by atoms with Crippen LogP contribution in [0, 0.1) is 0 Å². The van der Waals surface area contributed by atoms with Crippen LogP contribution in [0.4, 0.5) is 16.2 Å². The summed E-state index contributed by atoms with van der Waals surface area (Å²) < 4.78 is 10.8. The summed E-state index contributed by atoms with van der Waals surface area (Å²) >= 11 is 0. The molecular formula is C22H25N3O4.